The molecule has 0 saturated carbocycles. The average molecular weight is 250 g/mol. The van der Waals surface area contributed by atoms with Gasteiger partial charge in [0, 0.05) is 5.33 Å². The molecule has 0 amide bonds. The number of benzene rings is 1. The second-order valence-corrected chi connectivity index (χ2v) is 3.76. The number of hydrogen-bond acceptors (Lipinski definition) is 1. The van der Waals surface area contributed by atoms with Crippen LogP contribution in [0.1, 0.15) is 24.0 Å². The summed E-state index contributed by atoms with van der Waals surface area (Å²) < 4.78 is 0. The summed E-state index contributed by atoms with van der Waals surface area (Å²) in [7, 11) is 0. The molecule has 0 N–H and O–H groups in total. The minimum Gasteiger partial charge on any atom is -0.192 e. The summed E-state index contributed by atoms with van der Waals surface area (Å²) in [6.45, 7) is 0. The third-order valence-corrected chi connectivity index (χ3v) is 2.39. The fourth-order valence-electron chi connectivity index (χ4n) is 1.13. The molecule has 1 nitrogen and oxygen atoms in total. The third-order valence-electron chi connectivity index (χ3n) is 1.83. The van der Waals surface area contributed by atoms with E-state index in [1.54, 1.807) is 0 Å². The molecule has 0 atom stereocenters. The molecule has 0 unspecified atom stereocenters. The summed E-state index contributed by atoms with van der Waals surface area (Å²) in [5.74, 6) is 0. The van der Waals surface area contributed by atoms with E-state index in [0.29, 0.717) is 5.56 Å². The first-order valence-corrected chi connectivity index (χ1v) is 5.71. The van der Waals surface area contributed by atoms with Crippen LogP contribution >= 0.6 is 15.9 Å². The lowest BCUT2D eigenvalue weighted by Crippen LogP contribution is -1.76. The van der Waals surface area contributed by atoms with E-state index in [1.807, 2.05) is 24.3 Å². The van der Waals surface area contributed by atoms with Crippen molar-refractivity contribution < 1.29 is 0 Å². The van der Waals surface area contributed by atoms with Crippen molar-refractivity contribution in [1.82, 2.24) is 0 Å². The molecule has 72 valence electrons. The monoisotopic (exact) mass is 249 g/mol. The highest BCUT2D eigenvalue weighted by atomic mass is 79.9. The SMILES string of the molecule is N#Cc1cccc(/C=C\CCCBr)c1. The van der Waals surface area contributed by atoms with Crippen LogP contribution in [-0.4, -0.2) is 5.33 Å². The van der Waals surface area contributed by atoms with Crippen LogP contribution in [-0.2, 0) is 0 Å². The molecule has 0 saturated heterocycles. The standard InChI is InChI=1S/C12H12BrN/c13-8-3-1-2-5-11-6-4-7-12(9-11)10-14/h2,4-7,9H,1,3,8H2/b5-2-. The molecule has 0 aliphatic heterocycles. The Morgan fingerprint density at radius 1 is 1.43 bits per heavy atom. The molecule has 0 aliphatic carbocycles. The Hall–Kier alpha value is -1.07. The van der Waals surface area contributed by atoms with Crippen molar-refractivity contribution in [2.45, 2.75) is 12.8 Å². The molecule has 1 rings (SSSR count). The maximum Gasteiger partial charge on any atom is 0.0991 e. The van der Waals surface area contributed by atoms with Crippen LogP contribution in [0.2, 0.25) is 0 Å². The quantitative estimate of drug-likeness (QED) is 0.589. The Kier molecular flexibility index (Phi) is 5.03. The minimum atomic E-state index is 0.715. The number of unbranched alkanes of at least 4 members (excludes halogenated alkanes) is 1. The summed E-state index contributed by atoms with van der Waals surface area (Å²) in [6.07, 6.45) is 6.41. The number of nitriles is 1. The summed E-state index contributed by atoms with van der Waals surface area (Å²) in [5.41, 5.74) is 1.81. The van der Waals surface area contributed by atoms with Gasteiger partial charge in [-0.2, -0.15) is 5.26 Å². The maximum atomic E-state index is 8.69. The van der Waals surface area contributed by atoms with Crippen molar-refractivity contribution in [3.05, 3.63) is 41.5 Å². The Balaban J connectivity index is 2.59. The zero-order chi connectivity index (χ0) is 10.2. The highest BCUT2D eigenvalue weighted by Crippen LogP contribution is 2.07. The molecule has 14 heavy (non-hydrogen) atoms. The second-order valence-electron chi connectivity index (χ2n) is 2.97. The number of rotatable bonds is 4. The molecule has 0 heterocycles. The largest absolute Gasteiger partial charge is 0.192 e. The predicted molar refractivity (Wildman–Crippen MR) is 63.2 cm³/mol. The summed E-state index contributed by atoms with van der Waals surface area (Å²) in [5, 5.41) is 9.73. The zero-order valence-corrected chi connectivity index (χ0v) is 9.50. The normalized spacial score (nSPS) is 10.3. The highest BCUT2D eigenvalue weighted by Gasteiger charge is 1.90. The predicted octanol–water partition coefficient (Wildman–Crippen LogP) is 3.75. The van der Waals surface area contributed by atoms with Crippen LogP contribution in [0.5, 0.6) is 0 Å². The van der Waals surface area contributed by atoms with Gasteiger partial charge in [-0.25, -0.2) is 0 Å². The van der Waals surface area contributed by atoms with Gasteiger partial charge in [0.15, 0.2) is 0 Å². The van der Waals surface area contributed by atoms with Crippen molar-refractivity contribution in [3.63, 3.8) is 0 Å². The van der Waals surface area contributed by atoms with Gasteiger partial charge in [0.2, 0.25) is 0 Å². The molecule has 1 aromatic rings. The molecule has 1 aromatic carbocycles. The molecule has 0 aliphatic rings. The first-order chi connectivity index (χ1) is 6.86. The van der Waals surface area contributed by atoms with Crippen LogP contribution in [0.4, 0.5) is 0 Å². The van der Waals surface area contributed by atoms with E-state index >= 15 is 0 Å². The van der Waals surface area contributed by atoms with Crippen molar-refractivity contribution in [2.75, 3.05) is 5.33 Å². The van der Waals surface area contributed by atoms with E-state index in [4.69, 9.17) is 5.26 Å². The van der Waals surface area contributed by atoms with Gasteiger partial charge in [0.05, 0.1) is 11.6 Å². The van der Waals surface area contributed by atoms with Crippen LogP contribution in [0.15, 0.2) is 30.3 Å². The zero-order valence-electron chi connectivity index (χ0n) is 7.91. The van der Waals surface area contributed by atoms with Gasteiger partial charge in [0.25, 0.3) is 0 Å². The fourth-order valence-corrected chi connectivity index (χ4v) is 1.45. The third kappa shape index (κ3) is 3.76. The van der Waals surface area contributed by atoms with E-state index in [-0.39, 0.29) is 0 Å². The van der Waals surface area contributed by atoms with E-state index in [2.05, 4.69) is 34.2 Å². The Labute approximate surface area is 93.2 Å². The number of hydrogen-bond donors (Lipinski definition) is 0. The lowest BCUT2D eigenvalue weighted by Gasteiger charge is -1.93. The topological polar surface area (TPSA) is 23.8 Å². The van der Waals surface area contributed by atoms with E-state index in [9.17, 15) is 0 Å². The number of alkyl halides is 1. The molecule has 2 heteroatoms. The van der Waals surface area contributed by atoms with Crippen molar-refractivity contribution in [1.29, 1.82) is 5.26 Å². The smallest absolute Gasteiger partial charge is 0.0991 e. The van der Waals surface area contributed by atoms with E-state index in [0.717, 1.165) is 23.7 Å². The van der Waals surface area contributed by atoms with Crippen LogP contribution in [0, 0.1) is 11.3 Å². The molecule has 0 radical (unpaired) electrons. The lowest BCUT2D eigenvalue weighted by molar-refractivity contribution is 0.983. The summed E-state index contributed by atoms with van der Waals surface area (Å²) >= 11 is 3.38. The van der Waals surface area contributed by atoms with Gasteiger partial charge in [-0.3, -0.25) is 0 Å². The fraction of sp³-hybridized carbons (Fsp3) is 0.250. The highest BCUT2D eigenvalue weighted by molar-refractivity contribution is 9.09. The Bertz CT molecular complexity index is 350. The number of nitrogens with zero attached hydrogens (tertiary/aromatic N) is 1. The average Bonchev–Trinajstić information content (AvgIpc) is 2.25. The van der Waals surface area contributed by atoms with Crippen molar-refractivity contribution >= 4 is 22.0 Å². The molecular formula is C12H12BrN. The first-order valence-electron chi connectivity index (χ1n) is 4.59. The van der Waals surface area contributed by atoms with Gasteiger partial charge >= 0.3 is 0 Å². The number of allylic oxidation sites excluding steroid dienone is 1. The van der Waals surface area contributed by atoms with E-state index < -0.39 is 0 Å². The number of halogens is 1. The van der Waals surface area contributed by atoms with Gasteiger partial charge in [-0.05, 0) is 30.5 Å². The van der Waals surface area contributed by atoms with Crippen molar-refractivity contribution in [2.24, 2.45) is 0 Å². The lowest BCUT2D eigenvalue weighted by atomic mass is 10.1. The van der Waals surface area contributed by atoms with Crippen LogP contribution in [0.3, 0.4) is 0 Å². The summed E-state index contributed by atoms with van der Waals surface area (Å²) in [6, 6.07) is 9.75. The van der Waals surface area contributed by atoms with Gasteiger partial charge in [0.1, 0.15) is 0 Å². The molecule has 0 aromatic heterocycles. The van der Waals surface area contributed by atoms with Gasteiger partial charge in [-0.15, -0.1) is 0 Å². The summed E-state index contributed by atoms with van der Waals surface area (Å²) in [4.78, 5) is 0. The van der Waals surface area contributed by atoms with E-state index in [1.165, 1.54) is 0 Å². The minimum absolute atomic E-state index is 0.715. The molecule has 0 fully saturated rings. The molecule has 0 spiro atoms. The van der Waals surface area contributed by atoms with Crippen LogP contribution < -0.4 is 0 Å². The van der Waals surface area contributed by atoms with Gasteiger partial charge in [-0.1, -0.05) is 40.2 Å². The molecule has 0 bridgehead atoms. The first kappa shape index (κ1) is 11.0. The Morgan fingerprint density at radius 2 is 2.29 bits per heavy atom. The Morgan fingerprint density at radius 3 is 3.00 bits per heavy atom. The molecular weight excluding hydrogens is 238 g/mol. The second kappa shape index (κ2) is 6.39. The van der Waals surface area contributed by atoms with Crippen LogP contribution in [0.25, 0.3) is 6.08 Å². The maximum absolute atomic E-state index is 8.69. The van der Waals surface area contributed by atoms with Gasteiger partial charge < -0.3 is 0 Å². The van der Waals surface area contributed by atoms with Crippen molar-refractivity contribution in [3.8, 4) is 6.07 Å².